The van der Waals surface area contributed by atoms with Crippen molar-refractivity contribution in [3.8, 4) is 5.75 Å². The Morgan fingerprint density at radius 3 is 2.57 bits per heavy atom. The molecule has 0 spiro atoms. The highest BCUT2D eigenvalue weighted by Crippen LogP contribution is 2.21. The molecule has 0 unspecified atom stereocenters. The number of carbonyl (C=O) groups excluding carboxylic acids is 1. The second kappa shape index (κ2) is 8.59. The van der Waals surface area contributed by atoms with Crippen LogP contribution in [-0.4, -0.2) is 17.9 Å². The zero-order valence-corrected chi connectivity index (χ0v) is 17.7. The second-order valence-corrected chi connectivity index (χ2v) is 7.62. The first-order valence-corrected chi connectivity index (χ1v) is 10.0. The molecule has 1 amide bonds. The number of hydrogen-bond donors (Lipinski definition) is 0. The van der Waals surface area contributed by atoms with Gasteiger partial charge in [-0.05, 0) is 48.0 Å². The molecule has 0 atom stereocenters. The summed E-state index contributed by atoms with van der Waals surface area (Å²) in [6.45, 7) is 0.544. The first kappa shape index (κ1) is 20.0. The maximum atomic E-state index is 13.3. The molecule has 7 heteroatoms. The summed E-state index contributed by atoms with van der Waals surface area (Å²) in [5.74, 6) is 0.934. The fourth-order valence-corrected chi connectivity index (χ4v) is 3.47. The van der Waals surface area contributed by atoms with Crippen molar-refractivity contribution in [2.75, 3.05) is 7.11 Å². The molecule has 2 heterocycles. The van der Waals surface area contributed by atoms with Gasteiger partial charge in [-0.15, -0.1) is 0 Å². The Kier molecular flexibility index (Phi) is 5.72. The van der Waals surface area contributed by atoms with E-state index in [1.165, 1.54) is 6.07 Å². The van der Waals surface area contributed by atoms with E-state index in [9.17, 15) is 9.59 Å². The molecule has 0 bridgehead atoms. The number of rotatable bonds is 6. The van der Waals surface area contributed by atoms with Gasteiger partial charge in [-0.2, -0.15) is 0 Å². The number of benzene rings is 2. The van der Waals surface area contributed by atoms with Gasteiger partial charge in [0, 0.05) is 17.1 Å². The van der Waals surface area contributed by atoms with Gasteiger partial charge in [-0.1, -0.05) is 28.1 Å². The van der Waals surface area contributed by atoms with E-state index in [2.05, 4.69) is 15.9 Å². The first-order chi connectivity index (χ1) is 14.5. The number of fused-ring (bicyclic) bond motifs is 1. The Bertz CT molecular complexity index is 1230. The largest absolute Gasteiger partial charge is 0.497 e. The molecule has 30 heavy (non-hydrogen) atoms. The van der Waals surface area contributed by atoms with Crippen LogP contribution >= 0.6 is 15.9 Å². The molecule has 152 valence electrons. The number of halogens is 1. The van der Waals surface area contributed by atoms with Gasteiger partial charge in [-0.25, -0.2) is 0 Å². The summed E-state index contributed by atoms with van der Waals surface area (Å²) < 4.78 is 17.2. The van der Waals surface area contributed by atoms with Crippen molar-refractivity contribution in [3.05, 3.63) is 98.7 Å². The van der Waals surface area contributed by atoms with Gasteiger partial charge < -0.3 is 18.5 Å². The van der Waals surface area contributed by atoms with Crippen LogP contribution in [0.3, 0.4) is 0 Å². The van der Waals surface area contributed by atoms with Crippen molar-refractivity contribution in [1.82, 2.24) is 4.90 Å². The van der Waals surface area contributed by atoms with Gasteiger partial charge in [0.1, 0.15) is 17.1 Å². The number of amides is 1. The van der Waals surface area contributed by atoms with E-state index in [0.717, 1.165) is 15.8 Å². The third-order valence-electron chi connectivity index (χ3n) is 4.65. The van der Waals surface area contributed by atoms with Crippen molar-refractivity contribution in [1.29, 1.82) is 0 Å². The lowest BCUT2D eigenvalue weighted by atomic mass is 10.1. The lowest BCUT2D eigenvalue weighted by molar-refractivity contribution is 0.0686. The van der Waals surface area contributed by atoms with Crippen molar-refractivity contribution in [2.45, 2.75) is 13.1 Å². The van der Waals surface area contributed by atoms with Gasteiger partial charge in [0.25, 0.3) is 5.91 Å². The summed E-state index contributed by atoms with van der Waals surface area (Å²) in [6, 6.07) is 17.3. The van der Waals surface area contributed by atoms with Crippen LogP contribution in [0.4, 0.5) is 0 Å². The molecule has 0 aliphatic carbocycles. The maximum Gasteiger partial charge on any atom is 0.290 e. The molecule has 4 rings (SSSR count). The molecule has 0 saturated heterocycles. The molecular formula is C23H18BrNO5. The first-order valence-electron chi connectivity index (χ1n) is 9.21. The molecule has 2 aromatic heterocycles. The summed E-state index contributed by atoms with van der Waals surface area (Å²) in [4.78, 5) is 27.4. The van der Waals surface area contributed by atoms with Gasteiger partial charge in [0.2, 0.25) is 0 Å². The third kappa shape index (κ3) is 4.31. The minimum atomic E-state index is -0.402. The van der Waals surface area contributed by atoms with Gasteiger partial charge >= 0.3 is 0 Å². The van der Waals surface area contributed by atoms with E-state index in [0.29, 0.717) is 23.3 Å². The molecule has 2 aromatic carbocycles. The topological polar surface area (TPSA) is 72.9 Å². The molecular weight excluding hydrogens is 450 g/mol. The fourth-order valence-electron chi connectivity index (χ4n) is 3.13. The van der Waals surface area contributed by atoms with Crippen molar-refractivity contribution >= 4 is 32.8 Å². The Morgan fingerprint density at radius 1 is 1.07 bits per heavy atom. The smallest absolute Gasteiger partial charge is 0.290 e. The van der Waals surface area contributed by atoms with Crippen LogP contribution in [0.2, 0.25) is 0 Å². The Labute approximate surface area is 180 Å². The zero-order valence-electron chi connectivity index (χ0n) is 16.1. The van der Waals surface area contributed by atoms with Crippen LogP contribution in [0, 0.1) is 0 Å². The lowest BCUT2D eigenvalue weighted by Gasteiger charge is -2.21. The molecule has 0 aliphatic rings. The molecule has 4 aromatic rings. The van der Waals surface area contributed by atoms with Crippen LogP contribution in [-0.2, 0) is 13.1 Å². The lowest BCUT2D eigenvalue weighted by Crippen LogP contribution is -2.30. The van der Waals surface area contributed by atoms with Crippen LogP contribution < -0.4 is 10.2 Å². The summed E-state index contributed by atoms with van der Waals surface area (Å²) in [5, 5.41) is 0.419. The molecule has 0 aliphatic heterocycles. The van der Waals surface area contributed by atoms with Crippen molar-refractivity contribution in [3.63, 3.8) is 0 Å². The van der Waals surface area contributed by atoms with E-state index in [1.807, 2.05) is 24.3 Å². The van der Waals surface area contributed by atoms with Crippen LogP contribution in [0.25, 0.3) is 11.0 Å². The molecule has 0 radical (unpaired) electrons. The quantitative estimate of drug-likeness (QED) is 0.398. The Morgan fingerprint density at radius 2 is 1.87 bits per heavy atom. The van der Waals surface area contributed by atoms with Gasteiger partial charge in [0.15, 0.2) is 11.2 Å². The van der Waals surface area contributed by atoms with E-state index in [-0.39, 0.29) is 17.7 Å². The third-order valence-corrected chi connectivity index (χ3v) is 5.14. The summed E-state index contributed by atoms with van der Waals surface area (Å²) in [5.41, 5.74) is 0.985. The number of methoxy groups -OCH3 is 1. The van der Waals surface area contributed by atoms with Gasteiger partial charge in [-0.3, -0.25) is 9.59 Å². The number of hydrogen-bond acceptors (Lipinski definition) is 5. The van der Waals surface area contributed by atoms with Crippen molar-refractivity contribution < 1.29 is 18.4 Å². The predicted molar refractivity (Wildman–Crippen MR) is 115 cm³/mol. The average Bonchev–Trinajstić information content (AvgIpc) is 3.26. The SMILES string of the molecule is COc1ccc(CN(Cc2ccco2)C(=O)c2cc(=O)c3ccc(Br)cc3o2)cc1. The minimum Gasteiger partial charge on any atom is -0.497 e. The minimum absolute atomic E-state index is 0.0225. The number of nitrogens with zero attached hydrogens (tertiary/aromatic N) is 1. The molecule has 0 fully saturated rings. The molecule has 6 nitrogen and oxygen atoms in total. The highest BCUT2D eigenvalue weighted by molar-refractivity contribution is 9.10. The monoisotopic (exact) mass is 467 g/mol. The number of carbonyl (C=O) groups is 1. The Balaban J connectivity index is 1.69. The predicted octanol–water partition coefficient (Wildman–Crippen LogP) is 5.00. The standard InChI is InChI=1S/C23H18BrNO5/c1-28-17-7-4-15(5-8-17)13-25(14-18-3-2-10-29-18)23(27)22-12-20(26)19-9-6-16(24)11-21(19)30-22/h2-12H,13-14H2,1H3. The number of ether oxygens (including phenoxy) is 1. The van der Waals surface area contributed by atoms with E-state index >= 15 is 0 Å². The normalized spacial score (nSPS) is 10.9. The number of furan rings is 1. The summed E-state index contributed by atoms with van der Waals surface area (Å²) in [7, 11) is 1.60. The maximum absolute atomic E-state index is 13.3. The zero-order chi connectivity index (χ0) is 21.1. The van der Waals surface area contributed by atoms with Crippen LogP contribution in [0.5, 0.6) is 5.75 Å². The fraction of sp³-hybridized carbons (Fsp3) is 0.130. The highest BCUT2D eigenvalue weighted by Gasteiger charge is 2.21. The van der Waals surface area contributed by atoms with Gasteiger partial charge in [0.05, 0.1) is 25.3 Å². The van der Waals surface area contributed by atoms with Crippen molar-refractivity contribution in [2.24, 2.45) is 0 Å². The van der Waals surface area contributed by atoms with Crippen LogP contribution in [0.15, 0.2) is 85.0 Å². The summed E-state index contributed by atoms with van der Waals surface area (Å²) >= 11 is 3.36. The molecule has 0 saturated carbocycles. The second-order valence-electron chi connectivity index (χ2n) is 6.70. The average molecular weight is 468 g/mol. The Hall–Kier alpha value is -3.32. The van der Waals surface area contributed by atoms with E-state index in [1.54, 1.807) is 48.6 Å². The van der Waals surface area contributed by atoms with E-state index in [4.69, 9.17) is 13.6 Å². The van der Waals surface area contributed by atoms with Crippen LogP contribution in [0.1, 0.15) is 21.9 Å². The van der Waals surface area contributed by atoms with E-state index < -0.39 is 5.91 Å². The summed E-state index contributed by atoms with van der Waals surface area (Å²) in [6.07, 6.45) is 1.55. The molecule has 0 N–H and O–H groups in total. The highest BCUT2D eigenvalue weighted by atomic mass is 79.9.